The van der Waals surface area contributed by atoms with Gasteiger partial charge in [-0.15, -0.1) is 0 Å². The van der Waals surface area contributed by atoms with E-state index >= 15 is 0 Å². The largest absolute Gasteiger partial charge is 0.371 e. The third-order valence-corrected chi connectivity index (χ3v) is 3.10. The molecular weight excluding hydrogens is 212 g/mol. The summed E-state index contributed by atoms with van der Waals surface area (Å²) in [6.45, 7) is 1.99. The highest BCUT2D eigenvalue weighted by Crippen LogP contribution is 2.26. The molecule has 15 heavy (non-hydrogen) atoms. The van der Waals surface area contributed by atoms with Crippen LogP contribution in [0.15, 0.2) is 22.3 Å². The fourth-order valence-electron chi connectivity index (χ4n) is 1.99. The van der Waals surface area contributed by atoms with E-state index in [0.29, 0.717) is 5.57 Å². The van der Waals surface area contributed by atoms with E-state index in [1.165, 1.54) is 19.3 Å². The summed E-state index contributed by atoms with van der Waals surface area (Å²) in [4.78, 5) is 17.0. The first-order valence-corrected chi connectivity index (χ1v) is 5.64. The van der Waals surface area contributed by atoms with Crippen molar-refractivity contribution < 1.29 is 4.79 Å². The topological polar surface area (TPSA) is 32.7 Å². The summed E-state index contributed by atoms with van der Waals surface area (Å²) >= 11 is 5.93. The van der Waals surface area contributed by atoms with Gasteiger partial charge in [0.2, 0.25) is 0 Å². The average molecular weight is 225 g/mol. The first-order valence-electron chi connectivity index (χ1n) is 5.21. The van der Waals surface area contributed by atoms with Crippen LogP contribution in [0, 0.1) is 0 Å². The minimum Gasteiger partial charge on any atom is -0.371 e. The first-order chi connectivity index (χ1) is 7.33. The Hall–Kier alpha value is -1.05. The molecule has 0 aliphatic carbocycles. The summed E-state index contributed by atoms with van der Waals surface area (Å²) in [5, 5.41) is 0. The highest BCUT2D eigenvalue weighted by Gasteiger charge is 2.24. The van der Waals surface area contributed by atoms with E-state index in [1.54, 1.807) is 6.21 Å². The average Bonchev–Trinajstić information content (AvgIpc) is 2.30. The van der Waals surface area contributed by atoms with Crippen LogP contribution in [0.2, 0.25) is 0 Å². The molecule has 2 heterocycles. The molecule has 2 aliphatic rings. The third kappa shape index (κ3) is 2.14. The molecule has 0 aromatic carbocycles. The number of rotatable bonds is 1. The molecule has 4 heteroatoms. The minimum absolute atomic E-state index is 0.473. The number of dihydropyridines is 1. The smallest absolute Gasteiger partial charge is 0.161 e. The number of halogens is 1. The summed E-state index contributed by atoms with van der Waals surface area (Å²) in [7, 11) is 0. The van der Waals surface area contributed by atoms with Crippen LogP contribution < -0.4 is 0 Å². The summed E-state index contributed by atoms with van der Waals surface area (Å²) in [6.07, 6.45) is 7.14. The van der Waals surface area contributed by atoms with Gasteiger partial charge >= 0.3 is 0 Å². The van der Waals surface area contributed by atoms with Gasteiger partial charge in [0.15, 0.2) is 5.50 Å². The molecule has 2 rings (SSSR count). The Bertz CT molecular complexity index is 350. The van der Waals surface area contributed by atoms with Gasteiger partial charge in [-0.05, 0) is 25.3 Å². The molecule has 0 saturated carbocycles. The van der Waals surface area contributed by atoms with Gasteiger partial charge in [-0.1, -0.05) is 11.6 Å². The number of alkyl halides is 1. The molecule has 0 radical (unpaired) electrons. The molecule has 0 bridgehead atoms. The van der Waals surface area contributed by atoms with Gasteiger partial charge in [0, 0.05) is 19.3 Å². The predicted molar refractivity (Wildman–Crippen MR) is 60.8 cm³/mol. The molecule has 0 N–H and O–H groups in total. The van der Waals surface area contributed by atoms with Crippen molar-refractivity contribution in [3.05, 3.63) is 17.3 Å². The number of likely N-dealkylation sites (tertiary alicyclic amines) is 1. The van der Waals surface area contributed by atoms with Gasteiger partial charge in [-0.2, -0.15) is 0 Å². The van der Waals surface area contributed by atoms with E-state index in [2.05, 4.69) is 9.89 Å². The quantitative estimate of drug-likeness (QED) is 0.386. The molecule has 1 unspecified atom stereocenters. The lowest BCUT2D eigenvalue weighted by molar-refractivity contribution is 0.289. The molecule has 3 nitrogen and oxygen atoms in total. The van der Waals surface area contributed by atoms with Gasteiger partial charge in [-0.25, -0.2) is 4.79 Å². The zero-order valence-electron chi connectivity index (χ0n) is 8.45. The van der Waals surface area contributed by atoms with Crippen LogP contribution in [0.3, 0.4) is 0 Å². The van der Waals surface area contributed by atoms with Crippen LogP contribution in [0.25, 0.3) is 0 Å². The van der Waals surface area contributed by atoms with Gasteiger partial charge in [0.25, 0.3) is 0 Å². The van der Waals surface area contributed by atoms with E-state index < -0.39 is 5.50 Å². The van der Waals surface area contributed by atoms with Crippen molar-refractivity contribution in [2.75, 3.05) is 13.1 Å². The Balaban J connectivity index is 2.22. The molecule has 0 aromatic heterocycles. The van der Waals surface area contributed by atoms with Gasteiger partial charge in [0.05, 0.1) is 11.3 Å². The Morgan fingerprint density at radius 2 is 2.13 bits per heavy atom. The molecule has 0 aromatic rings. The zero-order chi connectivity index (χ0) is 10.7. The van der Waals surface area contributed by atoms with Crippen molar-refractivity contribution in [2.45, 2.75) is 24.8 Å². The Labute approximate surface area is 94.1 Å². The number of nitrogens with zero attached hydrogens (tertiary/aromatic N) is 2. The number of allylic oxidation sites excluding steroid dienone is 1. The number of hydrogen-bond donors (Lipinski definition) is 0. The SMILES string of the molecule is O=C=C1C(N2CCCCC2)=CC=NC1Cl. The van der Waals surface area contributed by atoms with E-state index in [1.807, 2.05) is 12.0 Å². The molecule has 1 atom stereocenters. The molecule has 2 aliphatic heterocycles. The molecule has 80 valence electrons. The van der Waals surface area contributed by atoms with Gasteiger partial charge < -0.3 is 4.90 Å². The maximum Gasteiger partial charge on any atom is 0.161 e. The lowest BCUT2D eigenvalue weighted by atomic mass is 10.1. The van der Waals surface area contributed by atoms with E-state index in [0.717, 1.165) is 18.8 Å². The highest BCUT2D eigenvalue weighted by molar-refractivity contribution is 6.24. The second kappa shape index (κ2) is 4.65. The molecule has 0 spiro atoms. The molecule has 1 saturated heterocycles. The number of piperidine rings is 1. The van der Waals surface area contributed by atoms with Crippen molar-refractivity contribution in [3.63, 3.8) is 0 Å². The standard InChI is InChI=1S/C11H13ClN2O/c12-11-9(8-15)10(4-5-13-11)14-6-2-1-3-7-14/h4-5,11H,1-3,6-7H2. The second-order valence-corrected chi connectivity index (χ2v) is 4.16. The monoisotopic (exact) mass is 224 g/mol. The molecule has 1 fully saturated rings. The Kier molecular flexibility index (Phi) is 3.24. The number of aliphatic imine (C=N–C) groups is 1. The lowest BCUT2D eigenvalue weighted by Crippen LogP contribution is -2.32. The zero-order valence-corrected chi connectivity index (χ0v) is 9.20. The number of carbonyl (C=O) groups excluding carboxylic acids is 1. The lowest BCUT2D eigenvalue weighted by Gasteiger charge is -2.32. The van der Waals surface area contributed by atoms with Crippen molar-refractivity contribution in [1.29, 1.82) is 0 Å². The van der Waals surface area contributed by atoms with Crippen LogP contribution in [0.4, 0.5) is 0 Å². The van der Waals surface area contributed by atoms with Crippen LogP contribution >= 0.6 is 11.6 Å². The van der Waals surface area contributed by atoms with Gasteiger partial charge in [-0.3, -0.25) is 4.99 Å². The first kappa shape index (κ1) is 10.5. The highest BCUT2D eigenvalue weighted by atomic mass is 35.5. The Morgan fingerprint density at radius 3 is 2.80 bits per heavy atom. The fraction of sp³-hybridized carbons (Fsp3) is 0.545. The van der Waals surface area contributed by atoms with E-state index in [4.69, 9.17) is 11.6 Å². The molecule has 0 amide bonds. The van der Waals surface area contributed by atoms with Crippen molar-refractivity contribution in [2.24, 2.45) is 4.99 Å². The van der Waals surface area contributed by atoms with Crippen LogP contribution in [-0.4, -0.2) is 35.6 Å². The summed E-state index contributed by atoms with van der Waals surface area (Å²) in [5.41, 5.74) is 0.810. The van der Waals surface area contributed by atoms with E-state index in [-0.39, 0.29) is 0 Å². The van der Waals surface area contributed by atoms with Crippen molar-refractivity contribution in [3.8, 4) is 0 Å². The van der Waals surface area contributed by atoms with Crippen LogP contribution in [0.1, 0.15) is 19.3 Å². The summed E-state index contributed by atoms with van der Waals surface area (Å²) in [6, 6.07) is 0. The fourth-order valence-corrected chi connectivity index (χ4v) is 2.21. The van der Waals surface area contributed by atoms with Crippen LogP contribution in [-0.2, 0) is 4.79 Å². The molecular formula is C11H13ClN2O. The minimum atomic E-state index is -0.565. The predicted octanol–water partition coefficient (Wildman–Crippen LogP) is 1.76. The maximum absolute atomic E-state index is 10.8. The van der Waals surface area contributed by atoms with E-state index in [9.17, 15) is 4.79 Å². The Morgan fingerprint density at radius 1 is 1.40 bits per heavy atom. The van der Waals surface area contributed by atoms with Crippen LogP contribution in [0.5, 0.6) is 0 Å². The maximum atomic E-state index is 10.8. The third-order valence-electron chi connectivity index (χ3n) is 2.77. The summed E-state index contributed by atoms with van der Waals surface area (Å²) in [5.74, 6) is 1.91. The van der Waals surface area contributed by atoms with Crippen molar-refractivity contribution >= 4 is 23.8 Å². The van der Waals surface area contributed by atoms with Gasteiger partial charge in [0.1, 0.15) is 5.94 Å². The normalized spacial score (nSPS) is 26.2. The summed E-state index contributed by atoms with van der Waals surface area (Å²) < 4.78 is 0. The second-order valence-electron chi connectivity index (χ2n) is 3.75. The number of hydrogen-bond acceptors (Lipinski definition) is 3. The van der Waals surface area contributed by atoms with Crippen molar-refractivity contribution in [1.82, 2.24) is 4.90 Å².